The molecule has 0 aliphatic heterocycles. The topological polar surface area (TPSA) is 86.5 Å². The maximum Gasteiger partial charge on any atom is 0.251 e. The molecule has 0 saturated heterocycles. The van der Waals surface area contributed by atoms with Crippen LogP contribution in [0.5, 0.6) is 0 Å². The van der Waals surface area contributed by atoms with Crippen LogP contribution >= 0.6 is 0 Å². The standard InChI is InChI=1S/C23H18FN5O/c24-12-14-5-7-15(8-6-14)13-25-23(30)16-9-10-19-20(11-16)27-22(26-19)21-17-3-1-2-4-18(17)28-29-21/h1-11H,12-13H2,(H,25,30)(H,26,27)(H,28,29). The number of nitrogens with one attached hydrogen (secondary N) is 3. The first kappa shape index (κ1) is 18.1. The van der Waals surface area contributed by atoms with Crippen molar-refractivity contribution in [3.63, 3.8) is 0 Å². The number of amides is 1. The summed E-state index contributed by atoms with van der Waals surface area (Å²) in [5.74, 6) is 0.453. The molecule has 30 heavy (non-hydrogen) atoms. The highest BCUT2D eigenvalue weighted by Gasteiger charge is 2.14. The molecule has 0 spiro atoms. The summed E-state index contributed by atoms with van der Waals surface area (Å²) in [6, 6.07) is 20.3. The third kappa shape index (κ3) is 3.30. The molecule has 7 heteroatoms. The van der Waals surface area contributed by atoms with Gasteiger partial charge in [-0.2, -0.15) is 5.10 Å². The lowest BCUT2D eigenvalue weighted by atomic mass is 10.1. The lowest BCUT2D eigenvalue weighted by molar-refractivity contribution is 0.0951. The molecule has 3 aromatic carbocycles. The molecular weight excluding hydrogens is 381 g/mol. The molecule has 148 valence electrons. The number of imidazole rings is 1. The van der Waals surface area contributed by atoms with Crippen LogP contribution in [0.1, 0.15) is 21.5 Å². The van der Waals surface area contributed by atoms with Crippen LogP contribution in [0.4, 0.5) is 4.39 Å². The molecule has 0 aliphatic carbocycles. The molecule has 0 fully saturated rings. The van der Waals surface area contributed by atoms with Crippen molar-refractivity contribution in [3.05, 3.63) is 83.4 Å². The number of carbonyl (C=O) groups excluding carboxylic acids is 1. The van der Waals surface area contributed by atoms with E-state index in [1.165, 1.54) is 0 Å². The van der Waals surface area contributed by atoms with Crippen molar-refractivity contribution in [3.8, 4) is 11.5 Å². The van der Waals surface area contributed by atoms with Crippen molar-refractivity contribution >= 4 is 27.8 Å². The zero-order valence-corrected chi connectivity index (χ0v) is 15.9. The number of hydrogen-bond donors (Lipinski definition) is 3. The number of alkyl halides is 1. The van der Waals surface area contributed by atoms with Gasteiger partial charge < -0.3 is 10.3 Å². The van der Waals surface area contributed by atoms with Gasteiger partial charge in [-0.1, -0.05) is 42.5 Å². The minimum atomic E-state index is -0.494. The zero-order valence-electron chi connectivity index (χ0n) is 15.9. The van der Waals surface area contributed by atoms with E-state index in [4.69, 9.17) is 0 Å². The summed E-state index contributed by atoms with van der Waals surface area (Å²) in [4.78, 5) is 20.5. The van der Waals surface area contributed by atoms with E-state index in [1.807, 2.05) is 42.5 Å². The first-order valence-corrected chi connectivity index (χ1v) is 9.56. The predicted octanol–water partition coefficient (Wildman–Crippen LogP) is 4.51. The Morgan fingerprint density at radius 2 is 1.77 bits per heavy atom. The van der Waals surface area contributed by atoms with Crippen molar-refractivity contribution in [2.45, 2.75) is 13.2 Å². The average molecular weight is 399 g/mol. The number of benzene rings is 3. The number of para-hydroxylation sites is 1. The Bertz CT molecular complexity index is 1350. The number of rotatable bonds is 5. The van der Waals surface area contributed by atoms with Gasteiger partial charge in [-0.3, -0.25) is 9.89 Å². The van der Waals surface area contributed by atoms with Crippen LogP contribution in [0.2, 0.25) is 0 Å². The predicted molar refractivity (Wildman–Crippen MR) is 114 cm³/mol. The summed E-state index contributed by atoms with van der Waals surface area (Å²) in [7, 11) is 0. The SMILES string of the molecule is O=C(NCc1ccc(CF)cc1)c1ccc2[nH]c(-c3n[nH]c4ccccc34)nc2c1. The van der Waals surface area contributed by atoms with Crippen molar-refractivity contribution in [2.24, 2.45) is 0 Å². The van der Waals surface area contributed by atoms with Crippen molar-refractivity contribution < 1.29 is 9.18 Å². The molecule has 2 aromatic heterocycles. The average Bonchev–Trinajstić information content (AvgIpc) is 3.41. The number of nitrogens with zero attached hydrogens (tertiary/aromatic N) is 2. The Labute approximate surface area is 171 Å². The van der Waals surface area contributed by atoms with E-state index < -0.39 is 6.67 Å². The largest absolute Gasteiger partial charge is 0.348 e. The van der Waals surface area contributed by atoms with Gasteiger partial charge in [-0.05, 0) is 35.4 Å². The maximum atomic E-state index is 12.6. The second-order valence-electron chi connectivity index (χ2n) is 7.07. The van der Waals surface area contributed by atoms with Gasteiger partial charge in [0.25, 0.3) is 5.91 Å². The number of carbonyl (C=O) groups is 1. The molecule has 5 aromatic rings. The summed E-state index contributed by atoms with van der Waals surface area (Å²) in [5.41, 5.74) is 5.25. The molecule has 0 atom stereocenters. The minimum Gasteiger partial charge on any atom is -0.348 e. The van der Waals surface area contributed by atoms with Gasteiger partial charge in [0.1, 0.15) is 12.4 Å². The van der Waals surface area contributed by atoms with Gasteiger partial charge in [0.15, 0.2) is 5.82 Å². The molecule has 1 amide bonds. The molecule has 0 aliphatic rings. The first-order valence-electron chi connectivity index (χ1n) is 9.56. The Morgan fingerprint density at radius 1 is 0.967 bits per heavy atom. The highest BCUT2D eigenvalue weighted by atomic mass is 19.1. The molecule has 3 N–H and O–H groups in total. The van der Waals surface area contributed by atoms with Gasteiger partial charge in [0, 0.05) is 17.5 Å². The van der Waals surface area contributed by atoms with E-state index >= 15 is 0 Å². The second-order valence-corrected chi connectivity index (χ2v) is 7.07. The highest BCUT2D eigenvalue weighted by Crippen LogP contribution is 2.26. The van der Waals surface area contributed by atoms with Gasteiger partial charge >= 0.3 is 0 Å². The maximum absolute atomic E-state index is 12.6. The highest BCUT2D eigenvalue weighted by molar-refractivity contribution is 5.98. The van der Waals surface area contributed by atoms with Crippen LogP contribution in [0.15, 0.2) is 66.7 Å². The van der Waals surface area contributed by atoms with Crippen LogP contribution < -0.4 is 5.32 Å². The van der Waals surface area contributed by atoms with E-state index in [0.717, 1.165) is 27.7 Å². The van der Waals surface area contributed by atoms with E-state index in [1.54, 1.807) is 24.3 Å². The lowest BCUT2D eigenvalue weighted by Gasteiger charge is -2.06. The van der Waals surface area contributed by atoms with E-state index in [0.29, 0.717) is 29.0 Å². The first-order chi connectivity index (χ1) is 14.7. The van der Waals surface area contributed by atoms with Crippen molar-refractivity contribution in [1.82, 2.24) is 25.5 Å². The van der Waals surface area contributed by atoms with E-state index in [2.05, 4.69) is 25.5 Å². The molecule has 0 bridgehead atoms. The van der Waals surface area contributed by atoms with Gasteiger partial charge in [0.05, 0.1) is 16.6 Å². The summed E-state index contributed by atoms with van der Waals surface area (Å²) in [6.45, 7) is -0.124. The Kier molecular flexibility index (Phi) is 4.48. The number of halogens is 1. The number of hydrogen-bond acceptors (Lipinski definition) is 3. The van der Waals surface area contributed by atoms with Crippen LogP contribution in [0, 0.1) is 0 Å². The Balaban J connectivity index is 1.37. The summed E-state index contributed by atoms with van der Waals surface area (Å²) >= 11 is 0. The zero-order chi connectivity index (χ0) is 20.5. The third-order valence-electron chi connectivity index (χ3n) is 5.07. The molecule has 5 rings (SSSR count). The van der Waals surface area contributed by atoms with E-state index in [-0.39, 0.29) is 5.91 Å². The normalized spacial score (nSPS) is 11.2. The second kappa shape index (κ2) is 7.44. The van der Waals surface area contributed by atoms with E-state index in [9.17, 15) is 9.18 Å². The van der Waals surface area contributed by atoms with Crippen molar-refractivity contribution in [2.75, 3.05) is 0 Å². The molecular formula is C23H18FN5O. The van der Waals surface area contributed by atoms with Gasteiger partial charge in [0.2, 0.25) is 0 Å². The minimum absolute atomic E-state index is 0.193. The fourth-order valence-corrected chi connectivity index (χ4v) is 3.43. The van der Waals surface area contributed by atoms with Crippen LogP contribution in [-0.2, 0) is 13.2 Å². The number of aromatic nitrogens is 4. The lowest BCUT2D eigenvalue weighted by Crippen LogP contribution is -2.22. The van der Waals surface area contributed by atoms with Crippen LogP contribution in [0.25, 0.3) is 33.5 Å². The molecule has 0 saturated carbocycles. The third-order valence-corrected chi connectivity index (χ3v) is 5.07. The monoisotopic (exact) mass is 399 g/mol. The quantitative estimate of drug-likeness (QED) is 0.407. The molecule has 0 radical (unpaired) electrons. The Morgan fingerprint density at radius 3 is 2.60 bits per heavy atom. The molecule has 0 unspecified atom stereocenters. The van der Waals surface area contributed by atoms with Crippen LogP contribution in [0.3, 0.4) is 0 Å². The number of aromatic amines is 2. The van der Waals surface area contributed by atoms with Gasteiger partial charge in [-0.15, -0.1) is 0 Å². The molecule has 6 nitrogen and oxygen atoms in total. The fourth-order valence-electron chi connectivity index (χ4n) is 3.43. The van der Waals surface area contributed by atoms with Crippen LogP contribution in [-0.4, -0.2) is 26.1 Å². The number of H-pyrrole nitrogens is 2. The van der Waals surface area contributed by atoms with Crippen molar-refractivity contribution in [1.29, 1.82) is 0 Å². The Hall–Kier alpha value is -4.00. The molecule has 2 heterocycles. The number of fused-ring (bicyclic) bond motifs is 2. The summed E-state index contributed by atoms with van der Waals surface area (Å²) in [6.07, 6.45) is 0. The smallest absolute Gasteiger partial charge is 0.251 e. The summed E-state index contributed by atoms with van der Waals surface area (Å²) in [5, 5.41) is 11.2. The fraction of sp³-hybridized carbons (Fsp3) is 0.0870. The van der Waals surface area contributed by atoms with Gasteiger partial charge in [-0.25, -0.2) is 9.37 Å². The summed E-state index contributed by atoms with van der Waals surface area (Å²) < 4.78 is 12.6.